The number of hydrogen-bond acceptors (Lipinski definition) is 6. The predicted octanol–water partition coefficient (Wildman–Crippen LogP) is 3.39. The number of nitrogens with one attached hydrogen (secondary N) is 1. The van der Waals surface area contributed by atoms with Crippen molar-refractivity contribution in [2.45, 2.75) is 46.1 Å². The maximum atomic E-state index is 13.6. The van der Waals surface area contributed by atoms with Crippen LogP contribution in [0.5, 0.6) is 0 Å². The van der Waals surface area contributed by atoms with Crippen LogP contribution in [0.25, 0.3) is 0 Å². The van der Waals surface area contributed by atoms with Gasteiger partial charge in [-0.1, -0.05) is 19.1 Å². The molecular weight excluding hydrogens is 389 g/mol. The highest BCUT2D eigenvalue weighted by atomic mass is 19.1. The molecule has 0 saturated heterocycles. The standard InChI is InChI=1S/C23H26FNO5/c1-11(2)30-23(28)18-13(4)25-16-10-12(3)17(22(27)29-5)21(26)20(16)19(18)14-6-8-15(24)9-7-14/h6-9,11-12,17,19,25H,10H2,1-5H3/t12-,17+,19+/m1/s1. The Morgan fingerprint density at radius 1 is 1.20 bits per heavy atom. The van der Waals surface area contributed by atoms with Gasteiger partial charge < -0.3 is 14.8 Å². The lowest BCUT2D eigenvalue weighted by Gasteiger charge is -2.38. The number of hydrogen-bond donors (Lipinski definition) is 1. The maximum absolute atomic E-state index is 13.6. The number of methoxy groups -OCH3 is 1. The molecule has 0 radical (unpaired) electrons. The van der Waals surface area contributed by atoms with Gasteiger partial charge in [-0.2, -0.15) is 0 Å². The lowest BCUT2D eigenvalue weighted by Crippen LogP contribution is -2.43. The quantitative estimate of drug-likeness (QED) is 0.600. The minimum Gasteiger partial charge on any atom is -0.468 e. The molecule has 0 amide bonds. The Labute approximate surface area is 175 Å². The van der Waals surface area contributed by atoms with Gasteiger partial charge in [-0.25, -0.2) is 9.18 Å². The summed E-state index contributed by atoms with van der Waals surface area (Å²) in [7, 11) is 1.25. The summed E-state index contributed by atoms with van der Waals surface area (Å²) in [5, 5.41) is 3.18. The molecule has 3 atom stereocenters. The molecule has 0 aromatic heterocycles. The molecule has 1 heterocycles. The van der Waals surface area contributed by atoms with Gasteiger partial charge in [0.1, 0.15) is 11.7 Å². The van der Waals surface area contributed by atoms with Crippen molar-refractivity contribution < 1.29 is 28.2 Å². The van der Waals surface area contributed by atoms with Crippen LogP contribution in [0.1, 0.15) is 45.6 Å². The number of ether oxygens (including phenoxy) is 2. The highest BCUT2D eigenvalue weighted by Gasteiger charge is 2.47. The average molecular weight is 415 g/mol. The molecule has 1 aliphatic carbocycles. The van der Waals surface area contributed by atoms with Crippen molar-refractivity contribution in [2.75, 3.05) is 7.11 Å². The number of dihydropyridines is 1. The van der Waals surface area contributed by atoms with Gasteiger partial charge in [0.05, 0.1) is 18.8 Å². The number of allylic oxidation sites excluding steroid dienone is 3. The van der Waals surface area contributed by atoms with Gasteiger partial charge in [-0.15, -0.1) is 0 Å². The van der Waals surface area contributed by atoms with Gasteiger partial charge in [0.15, 0.2) is 5.78 Å². The fourth-order valence-electron chi connectivity index (χ4n) is 4.22. The third-order valence-electron chi connectivity index (χ3n) is 5.51. The molecule has 7 heteroatoms. The molecule has 6 nitrogen and oxygen atoms in total. The Hall–Kier alpha value is -2.96. The zero-order chi connectivity index (χ0) is 22.2. The number of halogens is 1. The van der Waals surface area contributed by atoms with Gasteiger partial charge in [-0.05, 0) is 50.8 Å². The maximum Gasteiger partial charge on any atom is 0.337 e. The fraction of sp³-hybridized carbons (Fsp3) is 0.435. The number of carbonyl (C=O) groups is 3. The Morgan fingerprint density at radius 2 is 1.83 bits per heavy atom. The number of benzene rings is 1. The molecule has 0 unspecified atom stereocenters. The molecule has 160 valence electrons. The van der Waals surface area contributed by atoms with Gasteiger partial charge in [0.25, 0.3) is 0 Å². The molecule has 1 aliphatic heterocycles. The minimum absolute atomic E-state index is 0.262. The second-order valence-corrected chi connectivity index (χ2v) is 8.04. The van der Waals surface area contributed by atoms with Crippen LogP contribution >= 0.6 is 0 Å². The molecule has 0 spiro atoms. The highest BCUT2D eigenvalue weighted by molar-refractivity contribution is 6.12. The van der Waals surface area contributed by atoms with Gasteiger partial charge in [0, 0.05) is 22.9 Å². The zero-order valence-electron chi connectivity index (χ0n) is 17.7. The second-order valence-electron chi connectivity index (χ2n) is 8.04. The number of ketones is 1. The summed E-state index contributed by atoms with van der Waals surface area (Å²) in [5.41, 5.74) is 2.43. The van der Waals surface area contributed by atoms with Gasteiger partial charge in [-0.3, -0.25) is 9.59 Å². The van der Waals surface area contributed by atoms with E-state index in [1.54, 1.807) is 32.9 Å². The molecule has 1 aromatic rings. The number of rotatable bonds is 4. The second kappa shape index (κ2) is 8.42. The van der Waals surface area contributed by atoms with Gasteiger partial charge in [0.2, 0.25) is 0 Å². The number of carbonyl (C=O) groups excluding carboxylic acids is 3. The van der Waals surface area contributed by atoms with E-state index in [9.17, 15) is 18.8 Å². The number of esters is 2. The van der Waals surface area contributed by atoms with E-state index in [1.807, 2.05) is 6.92 Å². The average Bonchev–Trinajstić information content (AvgIpc) is 2.66. The van der Waals surface area contributed by atoms with E-state index in [1.165, 1.54) is 19.2 Å². The predicted molar refractivity (Wildman–Crippen MR) is 108 cm³/mol. The van der Waals surface area contributed by atoms with Crippen LogP contribution in [-0.4, -0.2) is 30.9 Å². The molecular formula is C23H26FNO5. The lowest BCUT2D eigenvalue weighted by atomic mass is 9.69. The van der Waals surface area contributed by atoms with Crippen LogP contribution in [0, 0.1) is 17.7 Å². The Kier molecular flexibility index (Phi) is 6.10. The van der Waals surface area contributed by atoms with Crippen LogP contribution in [0.2, 0.25) is 0 Å². The molecule has 1 N–H and O–H groups in total. The minimum atomic E-state index is -0.959. The van der Waals surface area contributed by atoms with Crippen molar-refractivity contribution in [3.8, 4) is 0 Å². The van der Waals surface area contributed by atoms with E-state index in [2.05, 4.69) is 5.32 Å². The van der Waals surface area contributed by atoms with Crippen LogP contribution < -0.4 is 5.32 Å². The first kappa shape index (κ1) is 21.7. The first-order valence-electron chi connectivity index (χ1n) is 9.95. The van der Waals surface area contributed by atoms with Crippen molar-refractivity contribution in [1.82, 2.24) is 5.32 Å². The molecule has 0 fully saturated rings. The summed E-state index contributed by atoms with van der Waals surface area (Å²) in [6.45, 7) is 7.04. The summed E-state index contributed by atoms with van der Waals surface area (Å²) in [5.74, 6) is -3.96. The van der Waals surface area contributed by atoms with E-state index < -0.39 is 29.6 Å². The Morgan fingerprint density at radius 3 is 2.40 bits per heavy atom. The van der Waals surface area contributed by atoms with E-state index in [-0.39, 0.29) is 23.4 Å². The van der Waals surface area contributed by atoms with Crippen LogP contribution in [0.3, 0.4) is 0 Å². The largest absolute Gasteiger partial charge is 0.468 e. The molecule has 1 aromatic carbocycles. The summed E-state index contributed by atoms with van der Waals surface area (Å²) in [6, 6.07) is 5.66. The van der Waals surface area contributed by atoms with Crippen LogP contribution in [0.4, 0.5) is 4.39 Å². The Bertz CT molecular complexity index is 945. The summed E-state index contributed by atoms with van der Waals surface area (Å²) in [4.78, 5) is 38.8. The van der Waals surface area contributed by atoms with E-state index in [0.717, 1.165) is 0 Å². The normalized spacial score (nSPS) is 23.8. The van der Waals surface area contributed by atoms with Crippen LogP contribution in [-0.2, 0) is 23.9 Å². The zero-order valence-corrected chi connectivity index (χ0v) is 17.7. The summed E-state index contributed by atoms with van der Waals surface area (Å²) >= 11 is 0. The van der Waals surface area contributed by atoms with Crippen molar-refractivity contribution >= 4 is 17.7 Å². The van der Waals surface area contributed by atoms with Crippen molar-refractivity contribution in [3.63, 3.8) is 0 Å². The van der Waals surface area contributed by atoms with Crippen molar-refractivity contribution in [1.29, 1.82) is 0 Å². The molecule has 0 saturated carbocycles. The molecule has 30 heavy (non-hydrogen) atoms. The smallest absolute Gasteiger partial charge is 0.337 e. The fourth-order valence-corrected chi connectivity index (χ4v) is 4.22. The monoisotopic (exact) mass is 415 g/mol. The van der Waals surface area contributed by atoms with E-state index in [0.29, 0.717) is 29.0 Å². The topological polar surface area (TPSA) is 81.7 Å². The molecule has 3 rings (SSSR count). The third-order valence-corrected chi connectivity index (χ3v) is 5.51. The van der Waals surface area contributed by atoms with E-state index in [4.69, 9.17) is 9.47 Å². The highest BCUT2D eigenvalue weighted by Crippen LogP contribution is 2.45. The lowest BCUT2D eigenvalue weighted by molar-refractivity contribution is -0.151. The number of Topliss-reactive ketones (excluding diaryl/α,β-unsaturated/α-hetero) is 1. The summed E-state index contributed by atoms with van der Waals surface area (Å²) in [6.07, 6.45) is 0.0921. The summed E-state index contributed by atoms with van der Waals surface area (Å²) < 4.78 is 23.9. The third kappa shape index (κ3) is 3.88. The molecule has 0 bridgehead atoms. The SMILES string of the molecule is COC(=O)[C@@H]1C(=O)C2=C(C[C@H]1C)NC(C)=C(C(=O)OC(C)C)[C@@H]2c1ccc(F)cc1. The first-order valence-corrected chi connectivity index (χ1v) is 9.95. The van der Waals surface area contributed by atoms with Crippen molar-refractivity contribution in [2.24, 2.45) is 11.8 Å². The van der Waals surface area contributed by atoms with Crippen LogP contribution in [0.15, 0.2) is 46.8 Å². The first-order chi connectivity index (χ1) is 14.1. The van der Waals surface area contributed by atoms with Gasteiger partial charge >= 0.3 is 11.9 Å². The Balaban J connectivity index is 2.17. The van der Waals surface area contributed by atoms with E-state index >= 15 is 0 Å². The van der Waals surface area contributed by atoms with Crippen molar-refractivity contribution in [3.05, 3.63) is 58.2 Å². The molecule has 2 aliphatic rings.